The van der Waals surface area contributed by atoms with Crippen LogP contribution >= 0.6 is 11.3 Å². The predicted octanol–water partition coefficient (Wildman–Crippen LogP) is 6.31. The summed E-state index contributed by atoms with van der Waals surface area (Å²) in [5, 5.41) is 2.84. The number of anilines is 1. The number of thiazole rings is 1. The minimum Gasteiger partial charge on any atom is -0.278 e. The van der Waals surface area contributed by atoms with Gasteiger partial charge in [-0.05, 0) is 66.1 Å². The number of aromatic nitrogens is 2. The van der Waals surface area contributed by atoms with Gasteiger partial charge in [0.2, 0.25) is 0 Å². The van der Waals surface area contributed by atoms with E-state index in [1.165, 1.54) is 5.56 Å². The second-order valence-corrected chi connectivity index (χ2v) is 8.63. The van der Waals surface area contributed by atoms with Gasteiger partial charge in [0.1, 0.15) is 0 Å². The van der Waals surface area contributed by atoms with E-state index in [2.05, 4.69) is 31.0 Å². The molecule has 0 aliphatic carbocycles. The zero-order valence-electron chi connectivity index (χ0n) is 17.4. The number of aryl methyl sites for hydroxylation is 2. The molecule has 4 nitrogen and oxygen atoms in total. The molecule has 5 heteroatoms. The van der Waals surface area contributed by atoms with Crippen molar-refractivity contribution in [2.45, 2.75) is 20.4 Å². The molecule has 0 radical (unpaired) electrons. The molecule has 2 aromatic heterocycles. The molecular formula is C26H21N3OS. The average Bonchev–Trinajstić information content (AvgIpc) is 3.25. The Bertz CT molecular complexity index is 1410. The van der Waals surface area contributed by atoms with Crippen molar-refractivity contribution in [2.24, 2.45) is 0 Å². The Hall–Kier alpha value is -3.57. The first-order valence-corrected chi connectivity index (χ1v) is 11.0. The molecular weight excluding hydrogens is 402 g/mol. The quantitative estimate of drug-likeness (QED) is 0.340. The molecule has 0 unspecified atom stereocenters. The van der Waals surface area contributed by atoms with Gasteiger partial charge in [-0.15, -0.1) is 0 Å². The van der Waals surface area contributed by atoms with E-state index in [1.54, 1.807) is 22.4 Å². The van der Waals surface area contributed by atoms with Gasteiger partial charge in [0.15, 0.2) is 5.13 Å². The molecule has 31 heavy (non-hydrogen) atoms. The van der Waals surface area contributed by atoms with E-state index in [-0.39, 0.29) is 5.91 Å². The Morgan fingerprint density at radius 2 is 1.74 bits per heavy atom. The van der Waals surface area contributed by atoms with Crippen LogP contribution in [-0.4, -0.2) is 15.9 Å². The van der Waals surface area contributed by atoms with E-state index >= 15 is 0 Å². The smallest absolute Gasteiger partial charge is 0.260 e. The summed E-state index contributed by atoms with van der Waals surface area (Å²) in [5.41, 5.74) is 4.76. The van der Waals surface area contributed by atoms with Gasteiger partial charge < -0.3 is 0 Å². The van der Waals surface area contributed by atoms with Gasteiger partial charge in [-0.1, -0.05) is 53.8 Å². The standard InChI is InChI=1S/C26H21N3OS/c1-17-10-13-23-24(18(17)2)28-26(31-23)29(16-22-9-5-6-14-27-22)25(30)21-12-11-19-7-3-4-8-20(19)15-21/h3-15H,16H2,1-2H3. The van der Waals surface area contributed by atoms with Crippen LogP contribution in [0, 0.1) is 13.8 Å². The Labute approximate surface area is 184 Å². The lowest BCUT2D eigenvalue weighted by Crippen LogP contribution is -2.30. The van der Waals surface area contributed by atoms with Crippen LogP contribution in [-0.2, 0) is 6.54 Å². The molecule has 3 aromatic carbocycles. The predicted molar refractivity (Wildman–Crippen MR) is 128 cm³/mol. The molecule has 1 amide bonds. The lowest BCUT2D eigenvalue weighted by atomic mass is 10.1. The SMILES string of the molecule is Cc1ccc2sc(N(Cc3ccccn3)C(=O)c3ccc4ccccc4c3)nc2c1C. The van der Waals surface area contributed by atoms with Crippen molar-refractivity contribution < 1.29 is 4.79 Å². The molecule has 0 bridgehead atoms. The number of hydrogen-bond donors (Lipinski definition) is 0. The second kappa shape index (κ2) is 7.93. The molecule has 0 N–H and O–H groups in total. The normalized spacial score (nSPS) is 11.2. The molecule has 5 rings (SSSR count). The molecule has 5 aromatic rings. The van der Waals surface area contributed by atoms with E-state index in [4.69, 9.17) is 4.98 Å². The Morgan fingerprint density at radius 1 is 0.935 bits per heavy atom. The summed E-state index contributed by atoms with van der Waals surface area (Å²) in [6.45, 7) is 4.53. The first-order valence-electron chi connectivity index (χ1n) is 10.2. The van der Waals surface area contributed by atoms with Gasteiger partial charge in [-0.3, -0.25) is 14.7 Å². The highest BCUT2D eigenvalue weighted by molar-refractivity contribution is 7.22. The zero-order valence-corrected chi connectivity index (χ0v) is 18.2. The van der Waals surface area contributed by atoms with Gasteiger partial charge in [0, 0.05) is 11.8 Å². The van der Waals surface area contributed by atoms with Crippen molar-refractivity contribution in [1.29, 1.82) is 0 Å². The maximum absolute atomic E-state index is 13.7. The van der Waals surface area contributed by atoms with Crippen LogP contribution in [0.25, 0.3) is 21.0 Å². The maximum Gasteiger partial charge on any atom is 0.260 e. The number of fused-ring (bicyclic) bond motifs is 2. The van der Waals surface area contributed by atoms with Gasteiger partial charge in [0.25, 0.3) is 5.91 Å². The van der Waals surface area contributed by atoms with Crippen molar-refractivity contribution in [2.75, 3.05) is 4.90 Å². The number of nitrogens with zero attached hydrogens (tertiary/aromatic N) is 3. The van der Waals surface area contributed by atoms with Gasteiger partial charge in [0.05, 0.1) is 22.5 Å². The number of rotatable bonds is 4. The number of pyridine rings is 1. The van der Waals surface area contributed by atoms with Crippen molar-refractivity contribution in [3.63, 3.8) is 0 Å². The summed E-state index contributed by atoms with van der Waals surface area (Å²) in [5.74, 6) is -0.0789. The lowest BCUT2D eigenvalue weighted by Gasteiger charge is -2.20. The van der Waals surface area contributed by atoms with Crippen LogP contribution in [0.1, 0.15) is 27.2 Å². The molecule has 0 fully saturated rings. The topological polar surface area (TPSA) is 46.1 Å². The Balaban J connectivity index is 1.61. The molecule has 0 aliphatic heterocycles. The second-order valence-electron chi connectivity index (χ2n) is 7.62. The maximum atomic E-state index is 13.7. The van der Waals surface area contributed by atoms with E-state index in [0.717, 1.165) is 32.2 Å². The third kappa shape index (κ3) is 3.68. The first-order chi connectivity index (χ1) is 15.1. The minimum atomic E-state index is -0.0789. The highest BCUT2D eigenvalue weighted by Crippen LogP contribution is 2.33. The van der Waals surface area contributed by atoms with E-state index in [1.807, 2.05) is 60.7 Å². The third-order valence-corrected chi connectivity index (χ3v) is 6.64. The monoisotopic (exact) mass is 423 g/mol. The van der Waals surface area contributed by atoms with Gasteiger partial charge >= 0.3 is 0 Å². The largest absolute Gasteiger partial charge is 0.278 e. The number of amides is 1. The van der Waals surface area contributed by atoms with Gasteiger partial charge in [-0.2, -0.15) is 0 Å². The fraction of sp³-hybridized carbons (Fsp3) is 0.115. The number of carbonyl (C=O) groups is 1. The summed E-state index contributed by atoms with van der Waals surface area (Å²) >= 11 is 1.54. The molecule has 0 atom stereocenters. The Morgan fingerprint density at radius 3 is 2.55 bits per heavy atom. The average molecular weight is 424 g/mol. The lowest BCUT2D eigenvalue weighted by molar-refractivity contribution is 0.0985. The molecule has 0 saturated carbocycles. The van der Waals surface area contributed by atoms with E-state index in [9.17, 15) is 4.79 Å². The zero-order chi connectivity index (χ0) is 21.4. The summed E-state index contributed by atoms with van der Waals surface area (Å²) in [6, 6.07) is 23.8. The van der Waals surface area contributed by atoms with E-state index in [0.29, 0.717) is 17.2 Å². The molecule has 0 spiro atoms. The fourth-order valence-electron chi connectivity index (χ4n) is 3.69. The molecule has 152 valence electrons. The highest BCUT2D eigenvalue weighted by atomic mass is 32.1. The molecule has 0 aliphatic rings. The van der Waals surface area contributed by atoms with Crippen LogP contribution in [0.2, 0.25) is 0 Å². The fourth-order valence-corrected chi connectivity index (χ4v) is 4.71. The third-order valence-electron chi connectivity index (χ3n) is 5.59. The molecule has 2 heterocycles. The summed E-state index contributed by atoms with van der Waals surface area (Å²) in [6.07, 6.45) is 1.75. The minimum absolute atomic E-state index is 0.0789. The van der Waals surface area contributed by atoms with Crippen LogP contribution < -0.4 is 4.90 Å². The Kier molecular flexibility index (Phi) is 4.96. The number of carbonyl (C=O) groups excluding carboxylic acids is 1. The summed E-state index contributed by atoms with van der Waals surface area (Å²) in [7, 11) is 0. The van der Waals surface area contributed by atoms with Crippen LogP contribution in [0.15, 0.2) is 79.0 Å². The highest BCUT2D eigenvalue weighted by Gasteiger charge is 2.23. The van der Waals surface area contributed by atoms with Crippen molar-refractivity contribution in [3.05, 3.63) is 101 Å². The van der Waals surface area contributed by atoms with E-state index < -0.39 is 0 Å². The van der Waals surface area contributed by atoms with Crippen LogP contribution in [0.5, 0.6) is 0 Å². The number of hydrogen-bond acceptors (Lipinski definition) is 4. The number of benzene rings is 3. The van der Waals surface area contributed by atoms with Crippen LogP contribution in [0.4, 0.5) is 5.13 Å². The summed E-state index contributed by atoms with van der Waals surface area (Å²) < 4.78 is 1.08. The van der Waals surface area contributed by atoms with Crippen LogP contribution in [0.3, 0.4) is 0 Å². The van der Waals surface area contributed by atoms with Crippen molar-refractivity contribution >= 4 is 43.4 Å². The first kappa shape index (κ1) is 19.4. The van der Waals surface area contributed by atoms with Crippen molar-refractivity contribution in [1.82, 2.24) is 9.97 Å². The molecule has 0 saturated heterocycles. The van der Waals surface area contributed by atoms with Crippen molar-refractivity contribution in [3.8, 4) is 0 Å². The van der Waals surface area contributed by atoms with Gasteiger partial charge in [-0.25, -0.2) is 4.98 Å². The summed E-state index contributed by atoms with van der Waals surface area (Å²) in [4.78, 5) is 24.7.